The summed E-state index contributed by atoms with van der Waals surface area (Å²) in [7, 11) is -3.88. The van der Waals surface area contributed by atoms with Crippen LogP contribution in [0.5, 0.6) is 0 Å². The first-order chi connectivity index (χ1) is 35.5. The van der Waals surface area contributed by atoms with E-state index in [1.54, 1.807) is 24.3 Å². The van der Waals surface area contributed by atoms with Gasteiger partial charge >= 0.3 is 0 Å². The maximum absolute atomic E-state index is 14.4. The van der Waals surface area contributed by atoms with Gasteiger partial charge in [0.1, 0.15) is 0 Å². The zero-order valence-electron chi connectivity index (χ0n) is 38.5. The Morgan fingerprint density at radius 3 is 1.22 bits per heavy atom. The summed E-state index contributed by atoms with van der Waals surface area (Å²) in [6, 6.07) is 80.9. The molecule has 0 aliphatic heterocycles. The summed E-state index contributed by atoms with van der Waals surface area (Å²) in [4.78, 5) is 15.5. The average molecular weight is 945 g/mol. The van der Waals surface area contributed by atoms with Gasteiger partial charge in [0.15, 0.2) is 11.6 Å². The molecule has 0 atom stereocenters. The highest BCUT2D eigenvalue weighted by atomic mass is 32.2. The predicted molar refractivity (Wildman–Crippen MR) is 291 cm³/mol. The summed E-state index contributed by atoms with van der Waals surface area (Å²) < 4.78 is 35.6. The van der Waals surface area contributed by atoms with Gasteiger partial charge in [-0.15, -0.1) is 0 Å². The fraction of sp³-hybridized carbons (Fsp3) is 0. The van der Waals surface area contributed by atoms with Crippen LogP contribution in [0.2, 0.25) is 0 Å². The first kappa shape index (κ1) is 41.5. The van der Waals surface area contributed by atoms with Crippen LogP contribution in [-0.4, -0.2) is 37.1 Å². The largest absolute Gasteiger partial charge is 0.307 e. The Morgan fingerprint density at radius 2 is 0.694 bits per heavy atom. The Balaban J connectivity index is 0.832. The first-order valence-electron chi connectivity index (χ1n) is 23.9. The van der Waals surface area contributed by atoms with E-state index in [4.69, 9.17) is 15.0 Å². The summed E-state index contributed by atoms with van der Waals surface area (Å²) >= 11 is 0. The summed E-state index contributed by atoms with van der Waals surface area (Å²) in [6.07, 6.45) is 0. The van der Waals surface area contributed by atoms with E-state index >= 15 is 0 Å². The highest BCUT2D eigenvalue weighted by Crippen LogP contribution is 2.42. The molecule has 0 radical (unpaired) electrons. The van der Waals surface area contributed by atoms with Crippen molar-refractivity contribution in [3.63, 3.8) is 0 Å². The zero-order valence-corrected chi connectivity index (χ0v) is 39.3. The molecule has 4 heterocycles. The third-order valence-corrected chi connectivity index (χ3v) is 15.7. The molecule has 0 spiro atoms. The maximum Gasteiger partial charge on any atom is 0.238 e. The van der Waals surface area contributed by atoms with E-state index in [0.717, 1.165) is 93.7 Å². The lowest BCUT2D eigenvalue weighted by Crippen LogP contribution is -2.06. The fourth-order valence-electron chi connectivity index (χ4n) is 10.6. The van der Waals surface area contributed by atoms with Gasteiger partial charge in [0, 0.05) is 54.8 Å². The molecule has 340 valence electrons. The lowest BCUT2D eigenvalue weighted by molar-refractivity contribution is 0.596. The van der Waals surface area contributed by atoms with Gasteiger partial charge in [-0.3, -0.25) is 4.57 Å². The molecular weight excluding hydrogens is 905 g/mol. The second kappa shape index (κ2) is 16.3. The van der Waals surface area contributed by atoms with Crippen molar-refractivity contribution in [3.8, 4) is 51.2 Å². The minimum absolute atomic E-state index is 0.223. The molecule has 9 heteroatoms. The summed E-state index contributed by atoms with van der Waals surface area (Å²) in [5, 5.41) is 6.63. The molecular formula is C63H40N6O2S. The number of para-hydroxylation sites is 4. The monoisotopic (exact) mass is 944 g/mol. The van der Waals surface area contributed by atoms with E-state index < -0.39 is 9.84 Å². The smallest absolute Gasteiger partial charge is 0.238 e. The Labute approximate surface area is 413 Å². The quantitative estimate of drug-likeness (QED) is 0.151. The minimum atomic E-state index is -3.88. The van der Waals surface area contributed by atoms with Gasteiger partial charge in [0.25, 0.3) is 0 Å². The molecule has 14 rings (SSSR count). The van der Waals surface area contributed by atoms with Crippen LogP contribution in [0.25, 0.3) is 117 Å². The Morgan fingerprint density at radius 1 is 0.292 bits per heavy atom. The van der Waals surface area contributed by atoms with Crippen LogP contribution >= 0.6 is 0 Å². The van der Waals surface area contributed by atoms with Gasteiger partial charge in [0.2, 0.25) is 15.8 Å². The molecule has 0 N–H and O–H groups in total. The number of fused-ring (bicyclic) bond motifs is 10. The van der Waals surface area contributed by atoms with Crippen LogP contribution in [0, 0.1) is 0 Å². The molecule has 0 bridgehead atoms. The van der Waals surface area contributed by atoms with Gasteiger partial charge in [0.05, 0.1) is 42.9 Å². The first-order valence-corrected chi connectivity index (χ1v) is 25.3. The van der Waals surface area contributed by atoms with E-state index in [1.807, 2.05) is 103 Å². The van der Waals surface area contributed by atoms with Crippen molar-refractivity contribution in [1.29, 1.82) is 0 Å². The molecule has 0 saturated carbocycles. The van der Waals surface area contributed by atoms with Gasteiger partial charge in [-0.05, 0) is 90.0 Å². The Hall–Kier alpha value is -9.44. The van der Waals surface area contributed by atoms with E-state index in [0.29, 0.717) is 17.6 Å². The van der Waals surface area contributed by atoms with Crippen molar-refractivity contribution < 1.29 is 8.42 Å². The molecule has 0 aliphatic rings. The fourth-order valence-corrected chi connectivity index (χ4v) is 11.9. The standard InChI is InChI=1S/C63H40N6O2S/c70-72(71,48-35-31-46(32-36-48)68-56-26-14-11-23-50(56)53-38-37-52-49-22-10-13-25-55(49)67(59(52)60(53)68)45-20-8-3-9-21-45)47-33-28-41(29-34-47)44-30-39-58-54(40-44)51-24-12-15-27-57(51)69(58)63-65-61(42-16-4-1-5-17-42)64-62(66-63)43-18-6-2-7-19-43/h1-40H. The van der Waals surface area contributed by atoms with Crippen molar-refractivity contribution >= 4 is 75.3 Å². The number of aromatic nitrogens is 6. The number of benzene rings is 10. The van der Waals surface area contributed by atoms with Gasteiger partial charge in [-0.2, -0.15) is 9.97 Å². The number of sulfone groups is 1. The molecule has 10 aromatic carbocycles. The van der Waals surface area contributed by atoms with Crippen molar-refractivity contribution in [2.24, 2.45) is 0 Å². The number of rotatable bonds is 8. The molecule has 4 aromatic heterocycles. The third kappa shape index (κ3) is 6.52. The van der Waals surface area contributed by atoms with E-state index in [-0.39, 0.29) is 9.79 Å². The highest BCUT2D eigenvalue weighted by Gasteiger charge is 2.24. The van der Waals surface area contributed by atoms with Crippen molar-refractivity contribution in [2.75, 3.05) is 0 Å². The topological polar surface area (TPSA) is 87.6 Å². The van der Waals surface area contributed by atoms with Crippen molar-refractivity contribution in [1.82, 2.24) is 28.7 Å². The van der Waals surface area contributed by atoms with E-state index in [2.05, 4.69) is 129 Å². The molecule has 14 aromatic rings. The zero-order chi connectivity index (χ0) is 47.9. The number of hydrogen-bond donors (Lipinski definition) is 0. The summed E-state index contributed by atoms with van der Waals surface area (Å²) in [6.45, 7) is 0. The van der Waals surface area contributed by atoms with Gasteiger partial charge < -0.3 is 9.13 Å². The summed E-state index contributed by atoms with van der Waals surface area (Å²) in [5.74, 6) is 1.69. The normalized spacial score (nSPS) is 12.0. The van der Waals surface area contributed by atoms with Gasteiger partial charge in [-0.1, -0.05) is 164 Å². The van der Waals surface area contributed by atoms with Crippen LogP contribution in [0.3, 0.4) is 0 Å². The Bertz CT molecular complexity index is 4490. The molecule has 0 unspecified atom stereocenters. The molecule has 0 amide bonds. The van der Waals surface area contributed by atoms with Gasteiger partial charge in [-0.25, -0.2) is 13.4 Å². The minimum Gasteiger partial charge on any atom is -0.307 e. The number of hydrogen-bond acceptors (Lipinski definition) is 5. The second-order valence-electron chi connectivity index (χ2n) is 18.0. The molecule has 0 aliphatic carbocycles. The van der Waals surface area contributed by atoms with Crippen LogP contribution in [0.4, 0.5) is 0 Å². The van der Waals surface area contributed by atoms with Crippen molar-refractivity contribution in [2.45, 2.75) is 9.79 Å². The average Bonchev–Trinajstić information content (AvgIpc) is 4.09. The van der Waals surface area contributed by atoms with E-state index in [1.165, 1.54) is 5.39 Å². The highest BCUT2D eigenvalue weighted by molar-refractivity contribution is 7.91. The lowest BCUT2D eigenvalue weighted by atomic mass is 10.0. The summed E-state index contributed by atoms with van der Waals surface area (Å²) in [5.41, 5.74) is 11.8. The molecule has 0 saturated heterocycles. The van der Waals surface area contributed by atoms with E-state index in [9.17, 15) is 8.42 Å². The predicted octanol–water partition coefficient (Wildman–Crippen LogP) is 15.0. The number of nitrogens with zero attached hydrogens (tertiary/aromatic N) is 6. The molecule has 8 nitrogen and oxygen atoms in total. The van der Waals surface area contributed by atoms with Crippen LogP contribution in [-0.2, 0) is 9.84 Å². The maximum atomic E-state index is 14.4. The van der Waals surface area contributed by atoms with Crippen LogP contribution < -0.4 is 0 Å². The van der Waals surface area contributed by atoms with Crippen LogP contribution in [0.1, 0.15) is 0 Å². The Kier molecular flexibility index (Phi) is 9.42. The third-order valence-electron chi connectivity index (χ3n) is 13.9. The van der Waals surface area contributed by atoms with Crippen LogP contribution in [0.15, 0.2) is 252 Å². The van der Waals surface area contributed by atoms with Crippen molar-refractivity contribution in [3.05, 3.63) is 243 Å². The molecule has 0 fully saturated rings. The SMILES string of the molecule is O=S(=O)(c1ccc(-c2ccc3c(c2)c2ccccc2n3-c2nc(-c3ccccc3)nc(-c3ccccc3)n2)cc1)c1ccc(-n2c3ccccc3c3ccc4c5ccccc5n(-c5ccccc5)c4c32)cc1. The molecule has 72 heavy (non-hydrogen) atoms. The lowest BCUT2D eigenvalue weighted by Gasteiger charge is -2.13. The second-order valence-corrected chi connectivity index (χ2v) is 20.0.